The van der Waals surface area contributed by atoms with Crippen LogP contribution in [0, 0.1) is 0 Å². The molecule has 0 radical (unpaired) electrons. The maximum Gasteiger partial charge on any atom is 0.451 e. The average molecular weight is 309 g/mol. The van der Waals surface area contributed by atoms with Crippen molar-refractivity contribution in [1.29, 1.82) is 0 Å². The lowest BCUT2D eigenvalue weighted by Gasteiger charge is -2.24. The minimum absolute atomic E-state index is 0.100. The molecule has 1 unspecified atom stereocenters. The first-order chi connectivity index (χ1) is 9.36. The summed E-state index contributed by atoms with van der Waals surface area (Å²) >= 11 is 5.60. The lowest BCUT2D eigenvalue weighted by molar-refractivity contribution is -0.144. The second-order valence-electron chi connectivity index (χ2n) is 4.87. The summed E-state index contributed by atoms with van der Waals surface area (Å²) in [4.78, 5) is 8.93. The molecule has 0 aliphatic carbocycles. The number of likely N-dealkylation sites (tertiary alicyclic amines) is 1. The van der Waals surface area contributed by atoms with Gasteiger partial charge in [0, 0.05) is 18.7 Å². The van der Waals surface area contributed by atoms with Gasteiger partial charge < -0.3 is 5.32 Å². The second kappa shape index (κ2) is 6.13. The van der Waals surface area contributed by atoms with Crippen molar-refractivity contribution in [1.82, 2.24) is 14.9 Å². The predicted molar refractivity (Wildman–Crippen MR) is 70.8 cm³/mol. The fourth-order valence-electron chi connectivity index (χ4n) is 2.20. The third kappa shape index (κ3) is 3.96. The molecule has 0 spiro atoms. The SMILES string of the molecule is CC(CNc1cc(Cl)nc(C(F)(F)F)n1)N1CCCC1. The molecule has 1 N–H and O–H groups in total. The predicted octanol–water partition coefficient (Wildman–Crippen LogP) is 3.05. The summed E-state index contributed by atoms with van der Waals surface area (Å²) in [5.74, 6) is -1.12. The van der Waals surface area contributed by atoms with Crippen LogP contribution in [0.3, 0.4) is 0 Å². The molecule has 1 aliphatic rings. The zero-order valence-electron chi connectivity index (χ0n) is 11.0. The summed E-state index contributed by atoms with van der Waals surface area (Å²) in [6, 6.07) is 1.54. The first-order valence-corrected chi connectivity index (χ1v) is 6.84. The number of nitrogens with one attached hydrogen (secondary N) is 1. The van der Waals surface area contributed by atoms with E-state index < -0.39 is 12.0 Å². The van der Waals surface area contributed by atoms with Gasteiger partial charge in [-0.15, -0.1) is 0 Å². The molecule has 0 bridgehead atoms. The highest BCUT2D eigenvalue weighted by Gasteiger charge is 2.35. The molecule has 1 aromatic rings. The Kier molecular flexibility index (Phi) is 4.70. The first-order valence-electron chi connectivity index (χ1n) is 6.46. The van der Waals surface area contributed by atoms with Gasteiger partial charge in [0.05, 0.1) is 0 Å². The van der Waals surface area contributed by atoms with Crippen molar-refractivity contribution >= 4 is 17.4 Å². The average Bonchev–Trinajstić information content (AvgIpc) is 2.88. The van der Waals surface area contributed by atoms with E-state index in [0.717, 1.165) is 13.1 Å². The highest BCUT2D eigenvalue weighted by Crippen LogP contribution is 2.28. The van der Waals surface area contributed by atoms with Gasteiger partial charge in [-0.2, -0.15) is 13.2 Å². The summed E-state index contributed by atoms with van der Waals surface area (Å²) in [6.45, 7) is 4.61. The van der Waals surface area contributed by atoms with E-state index in [1.54, 1.807) is 0 Å². The van der Waals surface area contributed by atoms with Crippen molar-refractivity contribution < 1.29 is 13.2 Å². The van der Waals surface area contributed by atoms with Crippen LogP contribution in [0.25, 0.3) is 0 Å². The van der Waals surface area contributed by atoms with Crippen LogP contribution >= 0.6 is 11.6 Å². The van der Waals surface area contributed by atoms with Gasteiger partial charge in [0.15, 0.2) is 0 Å². The zero-order chi connectivity index (χ0) is 14.8. The lowest BCUT2D eigenvalue weighted by atomic mass is 10.3. The molecule has 1 atom stereocenters. The van der Waals surface area contributed by atoms with Gasteiger partial charge in [-0.05, 0) is 32.9 Å². The van der Waals surface area contributed by atoms with E-state index in [-0.39, 0.29) is 17.0 Å². The standard InChI is InChI=1S/C12H16ClF3N4/c1-8(20-4-2-3-5-20)7-17-10-6-9(13)18-11(19-10)12(14,15)16/h6,8H,2-5,7H2,1H3,(H,17,18,19). The summed E-state index contributed by atoms with van der Waals surface area (Å²) in [5.41, 5.74) is 0. The van der Waals surface area contributed by atoms with E-state index in [1.807, 2.05) is 6.92 Å². The normalized spacial score (nSPS) is 18.2. The summed E-state index contributed by atoms with van der Waals surface area (Å²) < 4.78 is 37.7. The zero-order valence-corrected chi connectivity index (χ0v) is 11.8. The molecule has 1 fully saturated rings. The Balaban J connectivity index is 2.00. The van der Waals surface area contributed by atoms with Crippen LogP contribution in [0.15, 0.2) is 6.07 Å². The van der Waals surface area contributed by atoms with Crippen LogP contribution in [0.5, 0.6) is 0 Å². The van der Waals surface area contributed by atoms with E-state index in [0.29, 0.717) is 6.54 Å². The maximum absolute atomic E-state index is 12.6. The Morgan fingerprint density at radius 2 is 2.00 bits per heavy atom. The minimum atomic E-state index is -4.60. The fraction of sp³-hybridized carbons (Fsp3) is 0.667. The number of nitrogens with zero attached hydrogens (tertiary/aromatic N) is 3. The number of rotatable bonds is 4. The second-order valence-corrected chi connectivity index (χ2v) is 5.26. The summed E-state index contributed by atoms with van der Waals surface area (Å²) in [6.07, 6.45) is -2.26. The van der Waals surface area contributed by atoms with Crippen LogP contribution in [0.1, 0.15) is 25.6 Å². The molecule has 8 heteroatoms. The molecule has 112 valence electrons. The molecular formula is C12H16ClF3N4. The third-order valence-electron chi connectivity index (χ3n) is 3.29. The van der Waals surface area contributed by atoms with E-state index >= 15 is 0 Å². The van der Waals surface area contributed by atoms with Gasteiger partial charge >= 0.3 is 6.18 Å². The minimum Gasteiger partial charge on any atom is -0.368 e. The number of halogens is 4. The Labute approximate surface area is 120 Å². The summed E-state index contributed by atoms with van der Waals surface area (Å²) in [5, 5.41) is 2.68. The molecule has 1 aliphatic heterocycles. The van der Waals surface area contributed by atoms with Crippen molar-refractivity contribution in [3.8, 4) is 0 Å². The van der Waals surface area contributed by atoms with Crippen LogP contribution in [-0.4, -0.2) is 40.5 Å². The first kappa shape index (κ1) is 15.3. The highest BCUT2D eigenvalue weighted by atomic mass is 35.5. The molecule has 0 amide bonds. The van der Waals surface area contributed by atoms with E-state index in [1.165, 1.54) is 18.9 Å². The monoisotopic (exact) mass is 308 g/mol. The van der Waals surface area contributed by atoms with Crippen LogP contribution in [-0.2, 0) is 6.18 Å². The summed E-state index contributed by atoms with van der Waals surface area (Å²) in [7, 11) is 0. The lowest BCUT2D eigenvalue weighted by Crippen LogP contribution is -2.35. The number of hydrogen-bond acceptors (Lipinski definition) is 4. The van der Waals surface area contributed by atoms with Gasteiger partial charge in [-0.25, -0.2) is 9.97 Å². The number of alkyl halides is 3. The van der Waals surface area contributed by atoms with Gasteiger partial charge in [-0.3, -0.25) is 4.90 Å². The largest absolute Gasteiger partial charge is 0.451 e. The molecule has 2 rings (SSSR count). The van der Waals surface area contributed by atoms with E-state index in [4.69, 9.17) is 11.6 Å². The molecule has 0 aromatic carbocycles. The van der Waals surface area contributed by atoms with Crippen LogP contribution in [0.2, 0.25) is 5.15 Å². The van der Waals surface area contributed by atoms with Gasteiger partial charge in [-0.1, -0.05) is 11.6 Å². The van der Waals surface area contributed by atoms with Crippen molar-refractivity contribution in [2.24, 2.45) is 0 Å². The Morgan fingerprint density at radius 1 is 1.35 bits per heavy atom. The molecule has 20 heavy (non-hydrogen) atoms. The van der Waals surface area contributed by atoms with E-state index in [2.05, 4.69) is 20.2 Å². The van der Waals surface area contributed by atoms with Crippen molar-refractivity contribution in [2.45, 2.75) is 32.0 Å². The van der Waals surface area contributed by atoms with Gasteiger partial charge in [0.25, 0.3) is 0 Å². The third-order valence-corrected chi connectivity index (χ3v) is 3.48. The quantitative estimate of drug-likeness (QED) is 0.868. The molecule has 1 aromatic heterocycles. The highest BCUT2D eigenvalue weighted by molar-refractivity contribution is 6.29. The van der Waals surface area contributed by atoms with Crippen molar-refractivity contribution in [3.63, 3.8) is 0 Å². The number of anilines is 1. The number of aromatic nitrogens is 2. The molecule has 2 heterocycles. The Morgan fingerprint density at radius 3 is 2.60 bits per heavy atom. The molecular weight excluding hydrogens is 293 g/mol. The van der Waals surface area contributed by atoms with Gasteiger partial charge in [0.1, 0.15) is 11.0 Å². The topological polar surface area (TPSA) is 41.1 Å². The number of hydrogen-bond donors (Lipinski definition) is 1. The molecule has 1 saturated heterocycles. The smallest absolute Gasteiger partial charge is 0.368 e. The maximum atomic E-state index is 12.6. The van der Waals surface area contributed by atoms with E-state index in [9.17, 15) is 13.2 Å². The Bertz CT molecular complexity index is 461. The molecule has 4 nitrogen and oxygen atoms in total. The van der Waals surface area contributed by atoms with Crippen molar-refractivity contribution in [3.05, 3.63) is 17.0 Å². The van der Waals surface area contributed by atoms with Crippen LogP contribution < -0.4 is 5.32 Å². The van der Waals surface area contributed by atoms with Crippen LogP contribution in [0.4, 0.5) is 19.0 Å². The van der Waals surface area contributed by atoms with Crippen molar-refractivity contribution in [2.75, 3.05) is 25.0 Å². The fourth-order valence-corrected chi connectivity index (χ4v) is 2.38. The Hall–Kier alpha value is -1.08. The molecule has 0 saturated carbocycles. The van der Waals surface area contributed by atoms with Gasteiger partial charge in [0.2, 0.25) is 5.82 Å².